The number of carboxylic acid groups (broad SMARTS) is 1. The molecule has 20 nitrogen and oxygen atoms in total. The minimum Gasteiger partial charge on any atom is -0.491 e. The molecule has 24 heteroatoms. The van der Waals surface area contributed by atoms with Crippen molar-refractivity contribution in [3.63, 3.8) is 0 Å². The largest absolute Gasteiger partial charge is 0.491 e. The first-order valence-corrected chi connectivity index (χ1v) is 30.8. The molecule has 0 radical (unpaired) electrons. The molecule has 5 N–H and O–H groups in total. The van der Waals surface area contributed by atoms with Gasteiger partial charge in [-0.25, -0.2) is 24.1 Å². The number of nitrogens with zero attached hydrogens (tertiary/aromatic N) is 9. The zero-order valence-electron chi connectivity index (χ0n) is 47.9. The Labute approximate surface area is 503 Å². The predicted molar refractivity (Wildman–Crippen MR) is 325 cm³/mol. The van der Waals surface area contributed by atoms with Gasteiger partial charge >= 0.3 is 5.97 Å². The third-order valence-corrected chi connectivity index (χ3v) is 18.4. The molecule has 3 aromatic carbocycles. The number of fused-ring (bicyclic) bond motifs is 2. The van der Waals surface area contributed by atoms with Crippen LogP contribution in [0.4, 0.5) is 26.3 Å². The summed E-state index contributed by atoms with van der Waals surface area (Å²) in [5, 5.41) is 40.2. The highest BCUT2D eigenvalue weighted by atomic mass is 32.1. The van der Waals surface area contributed by atoms with E-state index in [1.807, 2.05) is 88.0 Å². The third kappa shape index (κ3) is 14.4. The van der Waals surface area contributed by atoms with Crippen LogP contribution >= 0.6 is 34.0 Å². The Morgan fingerprint density at radius 1 is 0.941 bits per heavy atom. The second-order valence-electron chi connectivity index (χ2n) is 22.4. The number of nitrogens with one attached hydrogen (secondary N) is 3. The highest BCUT2D eigenvalue weighted by Gasteiger charge is 2.44. The van der Waals surface area contributed by atoms with Gasteiger partial charge in [0.05, 0.1) is 45.6 Å². The Bertz CT molecular complexity index is 3640. The number of piperazine rings is 1. The van der Waals surface area contributed by atoms with Gasteiger partial charge in [0.1, 0.15) is 12.1 Å². The molecule has 3 aliphatic rings. The van der Waals surface area contributed by atoms with Crippen molar-refractivity contribution in [1.29, 1.82) is 0 Å². The van der Waals surface area contributed by atoms with E-state index in [1.54, 1.807) is 27.8 Å². The van der Waals surface area contributed by atoms with E-state index in [2.05, 4.69) is 57.8 Å². The Hall–Kier alpha value is -7.95. The number of carbonyl (C=O) groups excluding carboxylic acids is 4. The van der Waals surface area contributed by atoms with Crippen LogP contribution in [0.1, 0.15) is 96.2 Å². The molecule has 0 bridgehead atoms. The van der Waals surface area contributed by atoms with Crippen LogP contribution in [0.2, 0.25) is 0 Å². The number of amides is 4. The summed E-state index contributed by atoms with van der Waals surface area (Å²) in [6.07, 6.45) is 1.32. The number of aryl methyl sites for hydroxylation is 2. The van der Waals surface area contributed by atoms with Crippen molar-refractivity contribution in [1.82, 2.24) is 50.5 Å². The normalized spacial score (nSPS) is 16.6. The fourth-order valence-electron chi connectivity index (χ4n) is 10.6. The van der Waals surface area contributed by atoms with Gasteiger partial charge in [-0.15, -0.1) is 32.9 Å². The van der Waals surface area contributed by atoms with Crippen LogP contribution < -0.4 is 25.6 Å². The second-order valence-corrected chi connectivity index (χ2v) is 25.4. The summed E-state index contributed by atoms with van der Waals surface area (Å²) in [6.45, 7) is 12.7. The Kier molecular flexibility index (Phi) is 18.8. The average molecular weight is 1210 g/mol. The molecule has 7 heterocycles. The van der Waals surface area contributed by atoms with Crippen LogP contribution in [0.15, 0.2) is 72.2 Å². The molecule has 7 aromatic rings. The molecule has 0 saturated carbocycles. The summed E-state index contributed by atoms with van der Waals surface area (Å²) in [5.41, 5.74) is 7.18. The molecule has 3 aliphatic heterocycles. The standard InChI is InChI=1S/C61H67FN12O8S3/c1-36-42-12-9-25-73(55(42)70-69-54(36)68-59-65-44-13-6-7-14-47(44)84-59)60-67-51(58(80)81)48(85-60)15-10-30-82-46-21-18-38(31-43(46)62)11-8-24-71-26-28-72(29-27-71)50(77)23-22-49(76)66-53(61(3,4)5)57(79)74-34-41(75)32-45(74)56(78)63-33-39-16-19-40(20-17-39)52-37(2)64-35-83-52/h6-7,13-14,16-21,31,35,41,45,53,75H,9-10,12,15,22-30,32-34H2,1-5H3,(H,63,78)(H,66,76)(H,80,81)(H,65,68,69)/t41-,45+,53?/m1/s1. The lowest BCUT2D eigenvalue weighted by molar-refractivity contribution is -0.144. The highest BCUT2D eigenvalue weighted by molar-refractivity contribution is 7.22. The number of para-hydroxylation sites is 1. The number of carboxylic acids is 1. The first kappa shape index (κ1) is 60.2. The number of thiazole rings is 3. The van der Waals surface area contributed by atoms with Gasteiger partial charge in [0.15, 0.2) is 39.2 Å². The van der Waals surface area contributed by atoms with Crippen molar-refractivity contribution < 1.29 is 43.3 Å². The number of aliphatic hydroxyl groups is 1. The molecule has 3 atom stereocenters. The van der Waals surface area contributed by atoms with E-state index in [-0.39, 0.29) is 56.3 Å². The lowest BCUT2D eigenvalue weighted by atomic mass is 9.85. The van der Waals surface area contributed by atoms with E-state index in [9.17, 15) is 34.2 Å². The minimum atomic E-state index is -1.13. The number of anilines is 4. The number of aromatic carboxylic acids is 1. The van der Waals surface area contributed by atoms with Gasteiger partial charge in [0.2, 0.25) is 23.6 Å². The van der Waals surface area contributed by atoms with Gasteiger partial charge in [0, 0.05) is 86.6 Å². The number of aromatic nitrogens is 5. The Morgan fingerprint density at radius 3 is 2.46 bits per heavy atom. The molecule has 2 saturated heterocycles. The highest BCUT2D eigenvalue weighted by Crippen LogP contribution is 2.40. The first-order valence-electron chi connectivity index (χ1n) is 28.3. The van der Waals surface area contributed by atoms with Crippen molar-refractivity contribution in [3.8, 4) is 28.0 Å². The van der Waals surface area contributed by atoms with Crippen molar-refractivity contribution in [2.24, 2.45) is 5.41 Å². The zero-order valence-corrected chi connectivity index (χ0v) is 50.4. The lowest BCUT2D eigenvalue weighted by Gasteiger charge is -2.35. The molecule has 2 fully saturated rings. The summed E-state index contributed by atoms with van der Waals surface area (Å²) in [5.74, 6) is 4.19. The maximum absolute atomic E-state index is 15.3. The second kappa shape index (κ2) is 26.5. The van der Waals surface area contributed by atoms with Crippen LogP contribution in [0.5, 0.6) is 5.75 Å². The quantitative estimate of drug-likeness (QED) is 0.0380. The van der Waals surface area contributed by atoms with Gasteiger partial charge in [-0.3, -0.25) is 24.1 Å². The number of β-amino-alcohol motifs (C(OH)–C–C–N with tert-alkyl or cyclic N) is 1. The molecular weight excluding hydrogens is 1140 g/mol. The molecule has 0 aliphatic carbocycles. The molecule has 85 heavy (non-hydrogen) atoms. The number of halogens is 1. The van der Waals surface area contributed by atoms with Crippen molar-refractivity contribution >= 4 is 95.7 Å². The summed E-state index contributed by atoms with van der Waals surface area (Å²) in [6, 6.07) is 18.3. The topological polar surface area (TPSA) is 249 Å². The average Bonchev–Trinajstić information content (AvgIpc) is 4.50. The van der Waals surface area contributed by atoms with Gasteiger partial charge in [-0.1, -0.05) is 80.3 Å². The van der Waals surface area contributed by atoms with Crippen LogP contribution in [-0.2, 0) is 38.6 Å². The molecular formula is C61H67FN12O8S3. The first-order chi connectivity index (χ1) is 40.9. The third-order valence-electron chi connectivity index (χ3n) is 15.3. The van der Waals surface area contributed by atoms with Crippen LogP contribution in [-0.4, -0.2) is 150 Å². The fraction of sp³-hybridized carbons (Fsp3) is 0.410. The number of aliphatic hydroxyl groups excluding tert-OH is 1. The van der Waals surface area contributed by atoms with Gasteiger partial charge in [-0.05, 0) is 86.4 Å². The molecule has 4 amide bonds. The maximum atomic E-state index is 15.3. The number of ether oxygens (including phenoxy) is 1. The number of carbonyl (C=O) groups is 5. The van der Waals surface area contributed by atoms with Crippen molar-refractivity contribution in [2.75, 3.05) is 62.6 Å². The van der Waals surface area contributed by atoms with Crippen molar-refractivity contribution in [3.05, 3.63) is 117 Å². The van der Waals surface area contributed by atoms with E-state index in [4.69, 9.17) is 4.74 Å². The predicted octanol–water partition coefficient (Wildman–Crippen LogP) is 8.04. The van der Waals surface area contributed by atoms with Gasteiger partial charge in [-0.2, -0.15) is 0 Å². The summed E-state index contributed by atoms with van der Waals surface area (Å²) < 4.78 is 22.2. The van der Waals surface area contributed by atoms with E-state index in [1.165, 1.54) is 39.7 Å². The molecule has 1 unspecified atom stereocenters. The minimum absolute atomic E-state index is 0.0343. The monoisotopic (exact) mass is 1210 g/mol. The van der Waals surface area contributed by atoms with Gasteiger partial charge in [0.25, 0.3) is 0 Å². The van der Waals surface area contributed by atoms with Crippen molar-refractivity contribution in [2.45, 2.75) is 104 Å². The molecule has 10 rings (SSSR count). The molecule has 444 valence electrons. The lowest BCUT2D eigenvalue weighted by Crippen LogP contribution is -2.57. The Morgan fingerprint density at radius 2 is 1.73 bits per heavy atom. The van der Waals surface area contributed by atoms with Crippen LogP contribution in [0.25, 0.3) is 20.7 Å². The van der Waals surface area contributed by atoms with E-state index >= 15 is 4.39 Å². The van der Waals surface area contributed by atoms with Gasteiger partial charge < -0.3 is 45.6 Å². The molecule has 4 aromatic heterocycles. The number of likely N-dealkylation sites (tertiary alicyclic amines) is 1. The number of benzene rings is 3. The summed E-state index contributed by atoms with van der Waals surface area (Å²) in [4.78, 5) is 89.0. The summed E-state index contributed by atoms with van der Waals surface area (Å²) in [7, 11) is 0. The Balaban J connectivity index is 0.644. The van der Waals surface area contributed by atoms with E-state index in [0.717, 1.165) is 61.0 Å². The van der Waals surface area contributed by atoms with Crippen LogP contribution in [0, 0.1) is 36.9 Å². The van der Waals surface area contributed by atoms with E-state index in [0.29, 0.717) is 79.3 Å². The number of rotatable bonds is 19. The fourth-order valence-corrected chi connectivity index (χ4v) is 13.4. The number of hydrogen-bond acceptors (Lipinski definition) is 18. The smallest absolute Gasteiger partial charge is 0.355 e. The van der Waals surface area contributed by atoms with E-state index < -0.39 is 53.1 Å². The maximum Gasteiger partial charge on any atom is 0.355 e. The number of hydrogen-bond donors (Lipinski definition) is 5. The molecule has 0 spiro atoms. The SMILES string of the molecule is Cc1ncsc1-c1ccc(CNC(=O)[C@@H]2C[C@@H](O)CN2C(=O)C(NC(=O)CCC(=O)N2CCN(CC#Cc3ccc(OCCCc4sc(N5CCCc6c5nnc(Nc5nc7ccccc7s5)c6C)nc4C(=O)O)c(F)c3)CC2)C(C)(C)C)cc1. The zero-order chi connectivity index (χ0) is 59.9. The summed E-state index contributed by atoms with van der Waals surface area (Å²) >= 11 is 4.39. The van der Waals surface area contributed by atoms with Crippen LogP contribution in [0.3, 0.4) is 0 Å².